The molecule has 1 heterocycles. The second-order valence-electron chi connectivity index (χ2n) is 10.9. The standard InChI is InChI=1S/C28H46O7Si/c1-21(17-27(29)31-4)16-25(33-19-23-8-10-24(30-3)11-9-23)12-13-26-22(2)18-28(35-26)34-20-32-14-15-36(5,6)7/h8-11,21,25-26,28H,2,12-20H2,1,3-7H3/t21-,25+,26+,28-/m1/s1. The number of benzene rings is 1. The molecule has 2 rings (SSSR count). The Morgan fingerprint density at radius 2 is 1.92 bits per heavy atom. The zero-order valence-electron chi connectivity index (χ0n) is 23.0. The second-order valence-corrected chi connectivity index (χ2v) is 16.5. The Balaban J connectivity index is 1.83. The van der Waals surface area contributed by atoms with Crippen molar-refractivity contribution in [3.8, 4) is 5.75 Å². The van der Waals surface area contributed by atoms with Crippen LogP contribution >= 0.6 is 0 Å². The highest BCUT2D eigenvalue weighted by atomic mass is 28.3. The van der Waals surface area contributed by atoms with Gasteiger partial charge in [-0.15, -0.1) is 0 Å². The van der Waals surface area contributed by atoms with Crippen molar-refractivity contribution in [2.45, 2.75) is 89.8 Å². The molecule has 0 aliphatic carbocycles. The molecule has 0 N–H and O–H groups in total. The lowest BCUT2D eigenvalue weighted by Crippen LogP contribution is -2.23. The third-order valence-corrected chi connectivity index (χ3v) is 8.04. The predicted octanol–water partition coefficient (Wildman–Crippen LogP) is 5.95. The van der Waals surface area contributed by atoms with Gasteiger partial charge in [0, 0.05) is 27.5 Å². The molecule has 4 atom stereocenters. The maximum absolute atomic E-state index is 11.7. The van der Waals surface area contributed by atoms with Gasteiger partial charge in [0.05, 0.1) is 33.0 Å². The maximum atomic E-state index is 11.7. The number of methoxy groups -OCH3 is 2. The van der Waals surface area contributed by atoms with E-state index in [1.165, 1.54) is 7.11 Å². The third kappa shape index (κ3) is 12.0. The molecule has 36 heavy (non-hydrogen) atoms. The van der Waals surface area contributed by atoms with E-state index in [1.807, 2.05) is 24.3 Å². The minimum atomic E-state index is -1.11. The number of hydrogen-bond acceptors (Lipinski definition) is 7. The van der Waals surface area contributed by atoms with Gasteiger partial charge in [-0.05, 0) is 54.5 Å². The minimum Gasteiger partial charge on any atom is -0.497 e. The first-order valence-corrected chi connectivity index (χ1v) is 16.6. The van der Waals surface area contributed by atoms with E-state index in [9.17, 15) is 4.79 Å². The van der Waals surface area contributed by atoms with Crippen molar-refractivity contribution in [3.63, 3.8) is 0 Å². The highest BCUT2D eigenvalue weighted by Crippen LogP contribution is 2.30. The van der Waals surface area contributed by atoms with E-state index in [2.05, 4.69) is 33.1 Å². The molecule has 0 aromatic heterocycles. The first-order chi connectivity index (χ1) is 17.1. The summed E-state index contributed by atoms with van der Waals surface area (Å²) in [5.41, 5.74) is 2.11. The van der Waals surface area contributed by atoms with Crippen LogP contribution in [0.4, 0.5) is 0 Å². The molecule has 7 nitrogen and oxygen atoms in total. The Morgan fingerprint density at radius 1 is 1.19 bits per heavy atom. The smallest absolute Gasteiger partial charge is 0.305 e. The third-order valence-electron chi connectivity index (χ3n) is 6.34. The van der Waals surface area contributed by atoms with Crippen LogP contribution < -0.4 is 4.74 Å². The molecule has 1 aromatic rings. The molecule has 0 radical (unpaired) electrons. The molecular formula is C28H46O7Si. The van der Waals surface area contributed by atoms with Crippen LogP contribution in [0.1, 0.15) is 44.6 Å². The minimum absolute atomic E-state index is 0.0203. The Bertz CT molecular complexity index is 790. The Morgan fingerprint density at radius 3 is 2.56 bits per heavy atom. The van der Waals surface area contributed by atoms with Gasteiger partial charge < -0.3 is 28.4 Å². The fourth-order valence-corrected chi connectivity index (χ4v) is 4.80. The molecule has 0 bridgehead atoms. The number of esters is 1. The normalized spacial score (nSPS) is 19.8. The van der Waals surface area contributed by atoms with Crippen molar-refractivity contribution < 1.29 is 33.2 Å². The van der Waals surface area contributed by atoms with Crippen LogP contribution in [0.25, 0.3) is 0 Å². The van der Waals surface area contributed by atoms with Crippen LogP contribution in [-0.2, 0) is 35.1 Å². The van der Waals surface area contributed by atoms with Crippen molar-refractivity contribution in [2.75, 3.05) is 27.6 Å². The summed E-state index contributed by atoms with van der Waals surface area (Å²) in [5.74, 6) is 0.767. The van der Waals surface area contributed by atoms with Crippen LogP contribution in [0.15, 0.2) is 36.4 Å². The van der Waals surface area contributed by atoms with Gasteiger partial charge >= 0.3 is 5.97 Å². The molecule has 0 spiro atoms. The molecule has 1 aromatic carbocycles. The number of ether oxygens (including phenoxy) is 6. The van der Waals surface area contributed by atoms with E-state index in [1.54, 1.807) is 7.11 Å². The van der Waals surface area contributed by atoms with Crippen molar-refractivity contribution in [2.24, 2.45) is 5.92 Å². The van der Waals surface area contributed by atoms with E-state index in [-0.39, 0.29) is 37.2 Å². The molecule has 1 aliphatic heterocycles. The number of rotatable bonds is 17. The average Bonchev–Trinajstić information content (AvgIpc) is 3.19. The summed E-state index contributed by atoms with van der Waals surface area (Å²) >= 11 is 0. The Labute approximate surface area is 218 Å². The molecular weight excluding hydrogens is 476 g/mol. The highest BCUT2D eigenvalue weighted by Gasteiger charge is 2.30. The van der Waals surface area contributed by atoms with E-state index < -0.39 is 8.07 Å². The monoisotopic (exact) mass is 522 g/mol. The van der Waals surface area contributed by atoms with Gasteiger partial charge in [-0.2, -0.15) is 0 Å². The fraction of sp³-hybridized carbons (Fsp3) is 0.679. The van der Waals surface area contributed by atoms with E-state index in [0.29, 0.717) is 19.4 Å². The van der Waals surface area contributed by atoms with E-state index >= 15 is 0 Å². The van der Waals surface area contributed by atoms with Gasteiger partial charge in [0.15, 0.2) is 6.29 Å². The molecule has 8 heteroatoms. The Kier molecular flexibility index (Phi) is 13.2. The largest absolute Gasteiger partial charge is 0.497 e. The lowest BCUT2D eigenvalue weighted by molar-refractivity contribution is -0.187. The number of carbonyl (C=O) groups excluding carboxylic acids is 1. The summed E-state index contributed by atoms with van der Waals surface area (Å²) in [6, 6.07) is 8.98. The van der Waals surface area contributed by atoms with Crippen molar-refractivity contribution >= 4 is 14.0 Å². The molecule has 204 valence electrons. The lowest BCUT2D eigenvalue weighted by atomic mass is 9.95. The topological polar surface area (TPSA) is 72.5 Å². The molecule has 1 saturated heterocycles. The van der Waals surface area contributed by atoms with Crippen LogP contribution in [0.5, 0.6) is 5.75 Å². The molecule has 0 saturated carbocycles. The van der Waals surface area contributed by atoms with Gasteiger partial charge in [-0.1, -0.05) is 45.3 Å². The van der Waals surface area contributed by atoms with Gasteiger partial charge in [-0.3, -0.25) is 4.79 Å². The molecule has 0 unspecified atom stereocenters. The first-order valence-electron chi connectivity index (χ1n) is 12.9. The van der Waals surface area contributed by atoms with Gasteiger partial charge in [-0.25, -0.2) is 0 Å². The fourth-order valence-electron chi connectivity index (χ4n) is 4.05. The molecule has 1 fully saturated rings. The van der Waals surface area contributed by atoms with Gasteiger partial charge in [0.25, 0.3) is 0 Å². The van der Waals surface area contributed by atoms with Crippen LogP contribution in [0.3, 0.4) is 0 Å². The maximum Gasteiger partial charge on any atom is 0.305 e. The van der Waals surface area contributed by atoms with Crippen molar-refractivity contribution in [3.05, 3.63) is 42.0 Å². The van der Waals surface area contributed by atoms with Gasteiger partial charge in [0.1, 0.15) is 12.5 Å². The lowest BCUT2D eigenvalue weighted by Gasteiger charge is -2.23. The van der Waals surface area contributed by atoms with E-state index in [4.69, 9.17) is 28.4 Å². The number of carbonyl (C=O) groups is 1. The molecule has 1 aliphatic rings. The zero-order chi connectivity index (χ0) is 26.6. The Hall–Kier alpha value is -1.71. The molecule has 0 amide bonds. The van der Waals surface area contributed by atoms with Crippen LogP contribution in [0, 0.1) is 5.92 Å². The average molecular weight is 523 g/mol. The van der Waals surface area contributed by atoms with Gasteiger partial charge in [0.2, 0.25) is 0 Å². The quantitative estimate of drug-likeness (QED) is 0.0823. The SMILES string of the molecule is C=C1C[C@H](OCOCC[Si](C)(C)C)O[C@H]1CC[C@@H](C[C@@H](C)CC(=O)OC)OCc1ccc(OC)cc1. The van der Waals surface area contributed by atoms with E-state index in [0.717, 1.165) is 48.8 Å². The van der Waals surface area contributed by atoms with Crippen LogP contribution in [-0.4, -0.2) is 60.2 Å². The van der Waals surface area contributed by atoms with Crippen molar-refractivity contribution in [1.29, 1.82) is 0 Å². The number of hydrogen-bond donors (Lipinski definition) is 0. The predicted molar refractivity (Wildman–Crippen MR) is 144 cm³/mol. The summed E-state index contributed by atoms with van der Waals surface area (Å²) in [4.78, 5) is 11.7. The summed E-state index contributed by atoms with van der Waals surface area (Å²) in [5, 5.41) is 0. The summed E-state index contributed by atoms with van der Waals surface area (Å²) in [7, 11) is 1.97. The summed E-state index contributed by atoms with van der Waals surface area (Å²) in [6.07, 6.45) is 2.99. The summed E-state index contributed by atoms with van der Waals surface area (Å²) < 4.78 is 33.9. The van der Waals surface area contributed by atoms with Crippen molar-refractivity contribution in [1.82, 2.24) is 0 Å². The first kappa shape index (κ1) is 30.5. The summed E-state index contributed by atoms with van der Waals surface area (Å²) in [6.45, 7) is 14.7. The van der Waals surface area contributed by atoms with Crippen LogP contribution in [0.2, 0.25) is 25.7 Å². The second kappa shape index (κ2) is 15.5. The highest BCUT2D eigenvalue weighted by molar-refractivity contribution is 6.76. The zero-order valence-corrected chi connectivity index (χ0v) is 24.0.